The van der Waals surface area contributed by atoms with Crippen molar-refractivity contribution in [3.8, 4) is 5.75 Å². The number of benzene rings is 3. The second kappa shape index (κ2) is 9.80. The number of nitrogens with zero attached hydrogens (tertiary/aromatic N) is 1. The van der Waals surface area contributed by atoms with Crippen molar-refractivity contribution in [3.63, 3.8) is 0 Å². The molecule has 1 aliphatic heterocycles. The summed E-state index contributed by atoms with van der Waals surface area (Å²) in [4.78, 5) is 14.9. The molecule has 0 aromatic heterocycles. The lowest BCUT2D eigenvalue weighted by molar-refractivity contribution is 0.0947. The summed E-state index contributed by atoms with van der Waals surface area (Å²) in [5, 5.41) is 2.94. The summed E-state index contributed by atoms with van der Waals surface area (Å²) >= 11 is 0. The first-order valence-electron chi connectivity index (χ1n) is 11.0. The fourth-order valence-corrected chi connectivity index (χ4v) is 4.02. The zero-order valence-corrected chi connectivity index (χ0v) is 18.4. The van der Waals surface area contributed by atoms with Crippen LogP contribution in [0.1, 0.15) is 38.2 Å². The van der Waals surface area contributed by atoms with Crippen LogP contribution in [0.4, 0.5) is 0 Å². The summed E-state index contributed by atoms with van der Waals surface area (Å²) in [6.07, 6.45) is 1.10. The zero-order chi connectivity index (χ0) is 21.6. The van der Waals surface area contributed by atoms with Crippen LogP contribution in [0.3, 0.4) is 0 Å². The van der Waals surface area contributed by atoms with E-state index in [-0.39, 0.29) is 5.91 Å². The summed E-state index contributed by atoms with van der Waals surface area (Å²) in [6.45, 7) is 8.00. The van der Waals surface area contributed by atoms with Crippen LogP contribution in [0.2, 0.25) is 0 Å². The number of aryl methyl sites for hydroxylation is 1. The summed E-state index contributed by atoms with van der Waals surface area (Å²) in [5.74, 6) is 0.807. The second-order valence-corrected chi connectivity index (χ2v) is 8.23. The molecule has 0 saturated heterocycles. The van der Waals surface area contributed by atoms with Crippen LogP contribution in [0.25, 0.3) is 0 Å². The molecule has 0 fully saturated rings. The molecule has 0 unspecified atom stereocenters. The number of nitrogens with one attached hydrogen (secondary N) is 1. The Morgan fingerprint density at radius 1 is 0.968 bits per heavy atom. The molecule has 1 aliphatic rings. The molecule has 0 atom stereocenters. The van der Waals surface area contributed by atoms with Gasteiger partial charge >= 0.3 is 0 Å². The standard InChI is InChI=1S/C27H30N2O2/c1-20-6-5-9-26(21(20)2)31-17-15-28-27(30)24-12-10-22(11-13-24)18-29-16-14-23-7-3-4-8-25(23)19-29/h3-13H,14-19H2,1-2H3,(H,28,30). The minimum absolute atomic E-state index is 0.0667. The smallest absolute Gasteiger partial charge is 0.251 e. The molecule has 0 bridgehead atoms. The number of amides is 1. The minimum Gasteiger partial charge on any atom is -0.491 e. The van der Waals surface area contributed by atoms with Gasteiger partial charge in [0, 0.05) is 25.2 Å². The lowest BCUT2D eigenvalue weighted by Crippen LogP contribution is -2.30. The Kier molecular flexibility index (Phi) is 6.68. The van der Waals surface area contributed by atoms with E-state index >= 15 is 0 Å². The van der Waals surface area contributed by atoms with Crippen molar-refractivity contribution in [2.45, 2.75) is 33.4 Å². The largest absolute Gasteiger partial charge is 0.491 e. The molecule has 0 radical (unpaired) electrons. The fourth-order valence-electron chi connectivity index (χ4n) is 4.02. The Bertz CT molecular complexity index is 1040. The minimum atomic E-state index is -0.0667. The predicted molar refractivity (Wildman–Crippen MR) is 124 cm³/mol. The lowest BCUT2D eigenvalue weighted by atomic mass is 9.99. The first-order chi connectivity index (χ1) is 15.1. The van der Waals surface area contributed by atoms with E-state index < -0.39 is 0 Å². The molecule has 3 aromatic carbocycles. The average molecular weight is 415 g/mol. The van der Waals surface area contributed by atoms with Gasteiger partial charge in [0.1, 0.15) is 12.4 Å². The van der Waals surface area contributed by atoms with E-state index in [1.165, 1.54) is 22.3 Å². The number of carbonyl (C=O) groups excluding carboxylic acids is 1. The van der Waals surface area contributed by atoms with E-state index in [0.717, 1.165) is 37.4 Å². The van der Waals surface area contributed by atoms with E-state index in [1.54, 1.807) is 0 Å². The number of hydrogen-bond donors (Lipinski definition) is 1. The van der Waals surface area contributed by atoms with Gasteiger partial charge in [-0.15, -0.1) is 0 Å². The van der Waals surface area contributed by atoms with Gasteiger partial charge in [0.25, 0.3) is 5.91 Å². The fraction of sp³-hybridized carbons (Fsp3) is 0.296. The SMILES string of the molecule is Cc1cccc(OCCNC(=O)c2ccc(CN3CCc4ccccc4C3)cc2)c1C. The van der Waals surface area contributed by atoms with Crippen LogP contribution in [0.5, 0.6) is 5.75 Å². The highest BCUT2D eigenvalue weighted by molar-refractivity contribution is 5.94. The number of carbonyl (C=O) groups is 1. The van der Waals surface area contributed by atoms with Gasteiger partial charge in [0.15, 0.2) is 0 Å². The molecule has 31 heavy (non-hydrogen) atoms. The van der Waals surface area contributed by atoms with Gasteiger partial charge in [-0.05, 0) is 66.3 Å². The Morgan fingerprint density at radius 3 is 2.55 bits per heavy atom. The number of hydrogen-bond acceptors (Lipinski definition) is 3. The van der Waals surface area contributed by atoms with Gasteiger partial charge in [0.2, 0.25) is 0 Å². The highest BCUT2D eigenvalue weighted by Crippen LogP contribution is 2.21. The van der Waals surface area contributed by atoms with Crippen molar-refractivity contribution >= 4 is 5.91 Å². The highest BCUT2D eigenvalue weighted by atomic mass is 16.5. The predicted octanol–water partition coefficient (Wildman–Crippen LogP) is 4.67. The molecule has 1 heterocycles. The van der Waals surface area contributed by atoms with Crippen LogP contribution in [-0.2, 0) is 19.5 Å². The third-order valence-electron chi connectivity index (χ3n) is 6.03. The van der Waals surface area contributed by atoms with E-state index in [0.29, 0.717) is 18.7 Å². The third-order valence-corrected chi connectivity index (χ3v) is 6.03. The molecule has 0 saturated carbocycles. The monoisotopic (exact) mass is 414 g/mol. The molecule has 4 rings (SSSR count). The molecular formula is C27H30N2O2. The molecule has 3 aromatic rings. The lowest BCUT2D eigenvalue weighted by Gasteiger charge is -2.28. The molecule has 0 aliphatic carbocycles. The van der Waals surface area contributed by atoms with Crippen molar-refractivity contribution < 1.29 is 9.53 Å². The maximum atomic E-state index is 12.4. The zero-order valence-electron chi connectivity index (χ0n) is 18.4. The summed E-state index contributed by atoms with van der Waals surface area (Å²) in [6, 6.07) is 22.6. The van der Waals surface area contributed by atoms with Crippen LogP contribution in [-0.4, -0.2) is 30.5 Å². The Morgan fingerprint density at radius 2 is 1.74 bits per heavy atom. The van der Waals surface area contributed by atoms with E-state index in [2.05, 4.69) is 59.6 Å². The second-order valence-electron chi connectivity index (χ2n) is 8.23. The average Bonchev–Trinajstić information content (AvgIpc) is 2.79. The van der Waals surface area contributed by atoms with Crippen molar-refractivity contribution in [2.24, 2.45) is 0 Å². The van der Waals surface area contributed by atoms with Gasteiger partial charge in [-0.25, -0.2) is 0 Å². The Labute approximate surface area is 184 Å². The number of ether oxygens (including phenoxy) is 1. The van der Waals surface area contributed by atoms with Gasteiger partial charge in [0.05, 0.1) is 6.54 Å². The van der Waals surface area contributed by atoms with Crippen molar-refractivity contribution in [1.82, 2.24) is 10.2 Å². The van der Waals surface area contributed by atoms with E-state index in [4.69, 9.17) is 4.74 Å². The molecule has 4 heteroatoms. The summed E-state index contributed by atoms with van der Waals surface area (Å²) < 4.78 is 5.81. The topological polar surface area (TPSA) is 41.6 Å². The maximum Gasteiger partial charge on any atom is 0.251 e. The molecular weight excluding hydrogens is 384 g/mol. The van der Waals surface area contributed by atoms with Crippen molar-refractivity contribution in [2.75, 3.05) is 19.7 Å². The van der Waals surface area contributed by atoms with Crippen LogP contribution < -0.4 is 10.1 Å². The molecule has 1 amide bonds. The van der Waals surface area contributed by atoms with E-state index in [1.807, 2.05) is 31.2 Å². The summed E-state index contributed by atoms with van der Waals surface area (Å²) in [7, 11) is 0. The maximum absolute atomic E-state index is 12.4. The first-order valence-corrected chi connectivity index (χ1v) is 11.0. The molecule has 160 valence electrons. The summed E-state index contributed by atoms with van der Waals surface area (Å²) in [5.41, 5.74) is 7.14. The van der Waals surface area contributed by atoms with Gasteiger partial charge < -0.3 is 10.1 Å². The number of fused-ring (bicyclic) bond motifs is 1. The van der Waals surface area contributed by atoms with Gasteiger partial charge in [-0.1, -0.05) is 48.5 Å². The van der Waals surface area contributed by atoms with Crippen LogP contribution in [0.15, 0.2) is 66.7 Å². The molecule has 1 N–H and O–H groups in total. The van der Waals surface area contributed by atoms with Gasteiger partial charge in [-0.2, -0.15) is 0 Å². The Balaban J connectivity index is 1.24. The first kappa shape index (κ1) is 21.1. The molecule has 0 spiro atoms. The van der Waals surface area contributed by atoms with Crippen LogP contribution >= 0.6 is 0 Å². The van der Waals surface area contributed by atoms with Crippen molar-refractivity contribution in [1.29, 1.82) is 0 Å². The Hall–Kier alpha value is -3.11. The molecule has 4 nitrogen and oxygen atoms in total. The third kappa shape index (κ3) is 5.33. The van der Waals surface area contributed by atoms with Gasteiger partial charge in [-0.3, -0.25) is 9.69 Å². The quantitative estimate of drug-likeness (QED) is 0.571. The van der Waals surface area contributed by atoms with E-state index in [9.17, 15) is 4.79 Å². The highest BCUT2D eigenvalue weighted by Gasteiger charge is 2.16. The normalized spacial score (nSPS) is 13.5. The number of rotatable bonds is 7. The van der Waals surface area contributed by atoms with Crippen LogP contribution in [0, 0.1) is 13.8 Å². The van der Waals surface area contributed by atoms with Crippen molar-refractivity contribution in [3.05, 3.63) is 100 Å².